The molecule has 4 nitrogen and oxygen atoms in total. The molecule has 0 radical (unpaired) electrons. The molecule has 1 aliphatic rings. The van der Waals surface area contributed by atoms with Crippen molar-refractivity contribution in [3.63, 3.8) is 0 Å². The summed E-state index contributed by atoms with van der Waals surface area (Å²) in [6.07, 6.45) is 6.40. The first-order chi connectivity index (χ1) is 10.1. The van der Waals surface area contributed by atoms with E-state index >= 15 is 0 Å². The van der Waals surface area contributed by atoms with Crippen LogP contribution < -0.4 is 11.1 Å². The highest BCUT2D eigenvalue weighted by Crippen LogP contribution is 2.17. The number of halogens is 1. The van der Waals surface area contributed by atoms with E-state index in [9.17, 15) is 0 Å². The topological polar surface area (TPSA) is 53.6 Å². The molecule has 1 aromatic carbocycles. The SMILES string of the molecule is CN(C)Cc1ccc(CN=C(N)NC2CCCCC2)cc1.I. The summed E-state index contributed by atoms with van der Waals surface area (Å²) in [5, 5.41) is 3.35. The molecule has 0 aromatic heterocycles. The lowest BCUT2D eigenvalue weighted by Gasteiger charge is -2.23. The first-order valence-corrected chi connectivity index (χ1v) is 7.92. The highest BCUT2D eigenvalue weighted by molar-refractivity contribution is 14.0. The van der Waals surface area contributed by atoms with Crippen molar-refractivity contribution < 1.29 is 0 Å². The van der Waals surface area contributed by atoms with Crippen molar-refractivity contribution in [3.8, 4) is 0 Å². The first-order valence-electron chi connectivity index (χ1n) is 7.92. The van der Waals surface area contributed by atoms with Gasteiger partial charge in [0.15, 0.2) is 5.96 Å². The van der Waals surface area contributed by atoms with Gasteiger partial charge in [0.05, 0.1) is 6.54 Å². The van der Waals surface area contributed by atoms with Crippen LogP contribution in [0.25, 0.3) is 0 Å². The summed E-state index contributed by atoms with van der Waals surface area (Å²) in [4.78, 5) is 6.62. The summed E-state index contributed by atoms with van der Waals surface area (Å²) in [5.74, 6) is 0.583. The van der Waals surface area contributed by atoms with E-state index in [4.69, 9.17) is 5.73 Å². The monoisotopic (exact) mass is 416 g/mol. The van der Waals surface area contributed by atoms with E-state index in [-0.39, 0.29) is 24.0 Å². The highest BCUT2D eigenvalue weighted by Gasteiger charge is 2.13. The number of guanidine groups is 1. The molecule has 124 valence electrons. The Morgan fingerprint density at radius 2 is 1.73 bits per heavy atom. The second kappa shape index (κ2) is 10.0. The molecule has 0 aliphatic heterocycles. The molecule has 1 fully saturated rings. The van der Waals surface area contributed by atoms with Crippen LogP contribution in [0.5, 0.6) is 0 Å². The van der Waals surface area contributed by atoms with Gasteiger partial charge in [0.2, 0.25) is 0 Å². The van der Waals surface area contributed by atoms with Crippen LogP contribution >= 0.6 is 24.0 Å². The largest absolute Gasteiger partial charge is 0.370 e. The third kappa shape index (κ3) is 6.96. The Morgan fingerprint density at radius 3 is 2.32 bits per heavy atom. The minimum Gasteiger partial charge on any atom is -0.370 e. The number of aliphatic imine (C=N–C) groups is 1. The summed E-state index contributed by atoms with van der Waals surface area (Å²) in [6.45, 7) is 1.61. The summed E-state index contributed by atoms with van der Waals surface area (Å²) in [5.41, 5.74) is 8.50. The fraction of sp³-hybridized carbons (Fsp3) is 0.588. The van der Waals surface area contributed by atoms with Crippen LogP contribution in [0.3, 0.4) is 0 Å². The van der Waals surface area contributed by atoms with E-state index in [0.717, 1.165) is 6.54 Å². The smallest absolute Gasteiger partial charge is 0.189 e. The van der Waals surface area contributed by atoms with E-state index in [2.05, 4.69) is 53.6 Å². The standard InChI is InChI=1S/C17H28N4.HI/c1-21(2)13-15-10-8-14(9-11-15)12-19-17(18)20-16-6-4-3-5-7-16;/h8-11,16H,3-7,12-13H2,1-2H3,(H3,18,19,20);1H. The lowest BCUT2D eigenvalue weighted by Crippen LogP contribution is -2.41. The zero-order valence-corrected chi connectivity index (χ0v) is 16.0. The molecule has 3 N–H and O–H groups in total. The summed E-state index contributed by atoms with van der Waals surface area (Å²) in [7, 11) is 4.16. The van der Waals surface area contributed by atoms with Crippen molar-refractivity contribution in [1.29, 1.82) is 0 Å². The van der Waals surface area contributed by atoms with E-state index in [1.54, 1.807) is 0 Å². The highest BCUT2D eigenvalue weighted by atomic mass is 127. The summed E-state index contributed by atoms with van der Waals surface area (Å²) in [6, 6.07) is 9.11. The van der Waals surface area contributed by atoms with Crippen LogP contribution in [0, 0.1) is 0 Å². The molecule has 1 saturated carbocycles. The van der Waals surface area contributed by atoms with Gasteiger partial charge in [-0.2, -0.15) is 0 Å². The maximum atomic E-state index is 5.98. The fourth-order valence-electron chi connectivity index (χ4n) is 2.79. The Labute approximate surface area is 151 Å². The number of benzene rings is 1. The average molecular weight is 416 g/mol. The van der Waals surface area contributed by atoms with Crippen LogP contribution in [-0.2, 0) is 13.1 Å². The molecule has 0 spiro atoms. The molecule has 0 heterocycles. The van der Waals surface area contributed by atoms with Gasteiger partial charge in [-0.1, -0.05) is 43.5 Å². The number of hydrogen-bond acceptors (Lipinski definition) is 2. The molecule has 2 rings (SSSR count). The van der Waals surface area contributed by atoms with Gasteiger partial charge in [0.25, 0.3) is 0 Å². The van der Waals surface area contributed by atoms with Crippen molar-refractivity contribution in [2.75, 3.05) is 14.1 Å². The predicted octanol–water partition coefficient (Wildman–Crippen LogP) is 3.10. The molecule has 0 saturated heterocycles. The molecule has 22 heavy (non-hydrogen) atoms. The van der Waals surface area contributed by atoms with E-state index < -0.39 is 0 Å². The maximum Gasteiger partial charge on any atom is 0.189 e. The van der Waals surface area contributed by atoms with Gasteiger partial charge in [-0.05, 0) is 38.1 Å². The lowest BCUT2D eigenvalue weighted by atomic mass is 9.96. The minimum atomic E-state index is 0. The average Bonchev–Trinajstić information content (AvgIpc) is 2.47. The van der Waals surface area contributed by atoms with Crippen molar-refractivity contribution in [3.05, 3.63) is 35.4 Å². The number of nitrogens with two attached hydrogens (primary N) is 1. The van der Waals surface area contributed by atoms with Gasteiger partial charge in [0.1, 0.15) is 0 Å². The normalized spacial score (nSPS) is 16.4. The van der Waals surface area contributed by atoms with Crippen LogP contribution in [-0.4, -0.2) is 31.0 Å². The van der Waals surface area contributed by atoms with E-state index in [0.29, 0.717) is 18.5 Å². The molecular formula is C17H29IN4. The van der Waals surface area contributed by atoms with Crippen LogP contribution in [0.15, 0.2) is 29.3 Å². The van der Waals surface area contributed by atoms with Gasteiger partial charge in [-0.3, -0.25) is 0 Å². The number of rotatable bonds is 5. The molecule has 0 atom stereocenters. The van der Waals surface area contributed by atoms with E-state index in [1.165, 1.54) is 43.2 Å². The molecule has 0 bridgehead atoms. The Kier molecular flexibility index (Phi) is 8.78. The fourth-order valence-corrected chi connectivity index (χ4v) is 2.79. The summed E-state index contributed by atoms with van der Waals surface area (Å²) < 4.78 is 0. The maximum absolute atomic E-state index is 5.98. The molecule has 0 unspecified atom stereocenters. The van der Waals surface area contributed by atoms with E-state index in [1.807, 2.05) is 0 Å². The van der Waals surface area contributed by atoms with Gasteiger partial charge < -0.3 is 16.0 Å². The Morgan fingerprint density at radius 1 is 1.14 bits per heavy atom. The molecule has 1 aromatic rings. The Bertz CT molecular complexity index is 450. The molecular weight excluding hydrogens is 387 g/mol. The predicted molar refractivity (Wildman–Crippen MR) is 105 cm³/mol. The molecule has 0 amide bonds. The number of nitrogens with one attached hydrogen (secondary N) is 1. The Balaban J connectivity index is 0.00000242. The van der Waals surface area contributed by atoms with Crippen molar-refractivity contribution in [2.45, 2.75) is 51.2 Å². The zero-order valence-electron chi connectivity index (χ0n) is 13.7. The van der Waals surface area contributed by atoms with Gasteiger partial charge in [-0.25, -0.2) is 4.99 Å². The van der Waals surface area contributed by atoms with Crippen LogP contribution in [0.2, 0.25) is 0 Å². The van der Waals surface area contributed by atoms with Crippen LogP contribution in [0.1, 0.15) is 43.2 Å². The third-order valence-electron chi connectivity index (χ3n) is 3.91. The second-order valence-corrected chi connectivity index (χ2v) is 6.24. The van der Waals surface area contributed by atoms with Gasteiger partial charge >= 0.3 is 0 Å². The quantitative estimate of drug-likeness (QED) is 0.441. The van der Waals surface area contributed by atoms with Crippen molar-refractivity contribution in [2.24, 2.45) is 10.7 Å². The van der Waals surface area contributed by atoms with Gasteiger partial charge in [-0.15, -0.1) is 24.0 Å². The van der Waals surface area contributed by atoms with Gasteiger partial charge in [0, 0.05) is 12.6 Å². The Hall–Kier alpha value is -0.820. The minimum absolute atomic E-state index is 0. The number of nitrogens with zero attached hydrogens (tertiary/aromatic N) is 2. The third-order valence-corrected chi connectivity index (χ3v) is 3.91. The first kappa shape index (κ1) is 19.2. The lowest BCUT2D eigenvalue weighted by molar-refractivity contribution is 0.402. The zero-order chi connectivity index (χ0) is 15.1. The van der Waals surface area contributed by atoms with Crippen molar-refractivity contribution >= 4 is 29.9 Å². The number of hydrogen-bond donors (Lipinski definition) is 2. The van der Waals surface area contributed by atoms with Crippen LogP contribution in [0.4, 0.5) is 0 Å². The second-order valence-electron chi connectivity index (χ2n) is 6.24. The summed E-state index contributed by atoms with van der Waals surface area (Å²) >= 11 is 0. The molecule has 1 aliphatic carbocycles. The van der Waals surface area contributed by atoms with Crippen molar-refractivity contribution in [1.82, 2.24) is 10.2 Å². The molecule has 5 heteroatoms.